The molecule has 1 N–H and O–H groups in total. The lowest BCUT2D eigenvalue weighted by molar-refractivity contribution is 0.125. The summed E-state index contributed by atoms with van der Waals surface area (Å²) in [5, 5.41) is 3.72. The van der Waals surface area contributed by atoms with Crippen molar-refractivity contribution in [1.82, 2.24) is 15.1 Å². The summed E-state index contributed by atoms with van der Waals surface area (Å²) in [5.74, 6) is 0. The Kier molecular flexibility index (Phi) is 4.55. The van der Waals surface area contributed by atoms with Crippen LogP contribution in [0.4, 0.5) is 0 Å². The largest absolute Gasteiger partial charge is 0.314 e. The minimum Gasteiger partial charge on any atom is -0.314 e. The molecule has 0 aromatic carbocycles. The Morgan fingerprint density at radius 3 is 2.28 bits per heavy atom. The molecule has 0 atom stereocenters. The molecular formula is C15H29N3. The van der Waals surface area contributed by atoms with Crippen LogP contribution in [0.2, 0.25) is 0 Å². The number of hydrogen-bond donors (Lipinski definition) is 1. The third-order valence-corrected chi connectivity index (χ3v) is 4.91. The molecule has 0 aromatic heterocycles. The molecule has 0 amide bonds. The zero-order chi connectivity index (χ0) is 12.2. The van der Waals surface area contributed by atoms with Gasteiger partial charge in [0.15, 0.2) is 0 Å². The Hall–Kier alpha value is -0.120. The first kappa shape index (κ1) is 12.9. The van der Waals surface area contributed by atoms with Crippen LogP contribution in [0.15, 0.2) is 0 Å². The van der Waals surface area contributed by atoms with Crippen molar-refractivity contribution < 1.29 is 0 Å². The fraction of sp³-hybridized carbons (Fsp3) is 1.00. The average molecular weight is 251 g/mol. The van der Waals surface area contributed by atoms with Crippen molar-refractivity contribution >= 4 is 0 Å². The fourth-order valence-corrected chi connectivity index (χ4v) is 3.53. The molecule has 104 valence electrons. The number of rotatable bonds is 6. The normalized spacial score (nSPS) is 28.0. The number of nitrogens with one attached hydrogen (secondary N) is 1. The molecule has 1 heterocycles. The second-order valence-corrected chi connectivity index (χ2v) is 6.40. The third-order valence-electron chi connectivity index (χ3n) is 4.91. The van der Waals surface area contributed by atoms with Crippen molar-refractivity contribution in [3.05, 3.63) is 0 Å². The first-order valence-electron chi connectivity index (χ1n) is 8.11. The van der Waals surface area contributed by atoms with Gasteiger partial charge < -0.3 is 10.2 Å². The van der Waals surface area contributed by atoms with Gasteiger partial charge in [-0.25, -0.2) is 0 Å². The van der Waals surface area contributed by atoms with Crippen molar-refractivity contribution in [3.63, 3.8) is 0 Å². The van der Waals surface area contributed by atoms with Gasteiger partial charge in [0, 0.05) is 38.3 Å². The van der Waals surface area contributed by atoms with Gasteiger partial charge in [-0.05, 0) is 45.2 Å². The zero-order valence-corrected chi connectivity index (χ0v) is 11.7. The van der Waals surface area contributed by atoms with Gasteiger partial charge in [0.25, 0.3) is 0 Å². The van der Waals surface area contributed by atoms with Crippen LogP contribution in [-0.4, -0.2) is 61.2 Å². The summed E-state index contributed by atoms with van der Waals surface area (Å²) in [6, 6.07) is 1.81. The zero-order valence-electron chi connectivity index (χ0n) is 11.7. The minimum absolute atomic E-state index is 0.844. The van der Waals surface area contributed by atoms with E-state index in [9.17, 15) is 0 Å². The van der Waals surface area contributed by atoms with Gasteiger partial charge >= 0.3 is 0 Å². The van der Waals surface area contributed by atoms with Gasteiger partial charge in [-0.15, -0.1) is 0 Å². The van der Waals surface area contributed by atoms with Crippen LogP contribution < -0.4 is 5.32 Å². The molecule has 3 nitrogen and oxygen atoms in total. The van der Waals surface area contributed by atoms with E-state index in [-0.39, 0.29) is 0 Å². The first-order chi connectivity index (χ1) is 8.92. The molecule has 0 radical (unpaired) electrons. The highest BCUT2D eigenvalue weighted by atomic mass is 15.3. The standard InChI is InChI=1S/C15H29N3/c1-2-5-14(4-1)16-8-3-9-17-10-12-18(13-11-17)15-6-7-15/h14-16H,1-13H2. The van der Waals surface area contributed by atoms with E-state index < -0.39 is 0 Å². The van der Waals surface area contributed by atoms with Gasteiger partial charge in [0.05, 0.1) is 0 Å². The van der Waals surface area contributed by atoms with Crippen molar-refractivity contribution in [2.45, 2.75) is 57.0 Å². The molecule has 0 spiro atoms. The number of hydrogen-bond acceptors (Lipinski definition) is 3. The summed E-state index contributed by atoms with van der Waals surface area (Å²) in [7, 11) is 0. The van der Waals surface area contributed by atoms with Crippen LogP contribution in [0.25, 0.3) is 0 Å². The molecule has 2 saturated carbocycles. The number of nitrogens with zero attached hydrogens (tertiary/aromatic N) is 2. The molecule has 0 bridgehead atoms. The Balaban J connectivity index is 1.23. The lowest BCUT2D eigenvalue weighted by Gasteiger charge is -2.34. The Morgan fingerprint density at radius 2 is 1.61 bits per heavy atom. The summed E-state index contributed by atoms with van der Waals surface area (Å²) in [5.41, 5.74) is 0. The van der Waals surface area contributed by atoms with E-state index in [1.54, 1.807) is 0 Å². The van der Waals surface area contributed by atoms with Crippen LogP contribution in [-0.2, 0) is 0 Å². The van der Waals surface area contributed by atoms with Crippen molar-refractivity contribution in [1.29, 1.82) is 0 Å². The predicted molar refractivity (Wildman–Crippen MR) is 75.9 cm³/mol. The van der Waals surface area contributed by atoms with Crippen molar-refractivity contribution in [3.8, 4) is 0 Å². The fourth-order valence-electron chi connectivity index (χ4n) is 3.53. The van der Waals surface area contributed by atoms with Crippen LogP contribution in [0.3, 0.4) is 0 Å². The van der Waals surface area contributed by atoms with Crippen molar-refractivity contribution in [2.24, 2.45) is 0 Å². The lowest BCUT2D eigenvalue weighted by Crippen LogP contribution is -2.47. The van der Waals surface area contributed by atoms with E-state index in [0.717, 1.165) is 12.1 Å². The van der Waals surface area contributed by atoms with E-state index in [0.29, 0.717) is 0 Å². The van der Waals surface area contributed by atoms with Crippen LogP contribution in [0.1, 0.15) is 44.9 Å². The second kappa shape index (κ2) is 6.36. The topological polar surface area (TPSA) is 18.5 Å². The van der Waals surface area contributed by atoms with E-state index in [4.69, 9.17) is 0 Å². The summed E-state index contributed by atoms with van der Waals surface area (Å²) in [6.45, 7) is 7.78. The molecular weight excluding hydrogens is 222 g/mol. The molecule has 3 rings (SSSR count). The average Bonchev–Trinajstić information content (AvgIpc) is 3.13. The van der Waals surface area contributed by atoms with Gasteiger partial charge in [0.1, 0.15) is 0 Å². The quantitative estimate of drug-likeness (QED) is 0.725. The van der Waals surface area contributed by atoms with Crippen LogP contribution in [0.5, 0.6) is 0 Å². The summed E-state index contributed by atoms with van der Waals surface area (Å²) >= 11 is 0. The summed E-state index contributed by atoms with van der Waals surface area (Å²) in [6.07, 6.45) is 9.98. The molecule has 0 aromatic rings. The predicted octanol–water partition coefficient (Wildman–Crippen LogP) is 1.69. The lowest BCUT2D eigenvalue weighted by atomic mass is 10.2. The maximum absolute atomic E-state index is 3.72. The van der Waals surface area contributed by atoms with Gasteiger partial charge in [-0.1, -0.05) is 12.8 Å². The van der Waals surface area contributed by atoms with E-state index in [1.165, 1.54) is 84.2 Å². The highest BCUT2D eigenvalue weighted by Gasteiger charge is 2.30. The Morgan fingerprint density at radius 1 is 0.889 bits per heavy atom. The highest BCUT2D eigenvalue weighted by molar-refractivity contribution is 4.87. The van der Waals surface area contributed by atoms with Crippen LogP contribution in [0, 0.1) is 0 Å². The van der Waals surface area contributed by atoms with E-state index in [1.807, 2.05) is 0 Å². The molecule has 3 aliphatic rings. The maximum atomic E-state index is 3.72. The smallest absolute Gasteiger partial charge is 0.0113 e. The second-order valence-electron chi connectivity index (χ2n) is 6.40. The van der Waals surface area contributed by atoms with Gasteiger partial charge in [-0.3, -0.25) is 4.90 Å². The molecule has 3 heteroatoms. The minimum atomic E-state index is 0.844. The highest BCUT2D eigenvalue weighted by Crippen LogP contribution is 2.27. The first-order valence-corrected chi connectivity index (χ1v) is 8.11. The molecule has 1 aliphatic heterocycles. The van der Waals surface area contributed by atoms with Crippen molar-refractivity contribution in [2.75, 3.05) is 39.3 Å². The Bertz CT molecular complexity index is 238. The molecule has 18 heavy (non-hydrogen) atoms. The molecule has 0 unspecified atom stereocenters. The van der Waals surface area contributed by atoms with E-state index in [2.05, 4.69) is 15.1 Å². The van der Waals surface area contributed by atoms with Gasteiger partial charge in [-0.2, -0.15) is 0 Å². The monoisotopic (exact) mass is 251 g/mol. The Labute approximate surface area is 112 Å². The summed E-state index contributed by atoms with van der Waals surface area (Å²) in [4.78, 5) is 5.36. The molecule has 3 fully saturated rings. The van der Waals surface area contributed by atoms with E-state index >= 15 is 0 Å². The molecule has 2 aliphatic carbocycles. The SMILES string of the molecule is C1CCC(NCCCN2CCN(C3CC3)CC2)C1. The third kappa shape index (κ3) is 3.69. The van der Waals surface area contributed by atoms with Crippen LogP contribution >= 0.6 is 0 Å². The maximum Gasteiger partial charge on any atom is 0.0113 e. The molecule has 1 saturated heterocycles. The van der Waals surface area contributed by atoms with Gasteiger partial charge in [0.2, 0.25) is 0 Å². The summed E-state index contributed by atoms with van der Waals surface area (Å²) < 4.78 is 0. The number of piperazine rings is 1.